The molecule has 0 bridgehead atoms. The van der Waals surface area contributed by atoms with Crippen LogP contribution >= 0.6 is 0 Å². The van der Waals surface area contributed by atoms with Gasteiger partial charge in [0, 0.05) is 23.8 Å². The van der Waals surface area contributed by atoms with Gasteiger partial charge < -0.3 is 5.32 Å². The van der Waals surface area contributed by atoms with Gasteiger partial charge in [-0.1, -0.05) is 6.07 Å². The molecule has 1 amide bonds. The Labute approximate surface area is 170 Å². The van der Waals surface area contributed by atoms with E-state index in [4.69, 9.17) is 0 Å². The molecule has 2 N–H and O–H groups in total. The minimum Gasteiger partial charge on any atom is -0.322 e. The predicted octanol–water partition coefficient (Wildman–Crippen LogP) is 4.46. The first-order valence-corrected chi connectivity index (χ1v) is 10.1. The van der Waals surface area contributed by atoms with Gasteiger partial charge in [0.2, 0.25) is 0 Å². The van der Waals surface area contributed by atoms with E-state index in [1.54, 1.807) is 12.1 Å². The summed E-state index contributed by atoms with van der Waals surface area (Å²) in [4.78, 5) is 15.9. The van der Waals surface area contributed by atoms with Crippen LogP contribution in [0.25, 0.3) is 0 Å². The molecule has 1 heterocycles. The third-order valence-corrected chi connectivity index (χ3v) is 5.63. The number of halogens is 3. The van der Waals surface area contributed by atoms with Crippen LogP contribution in [0, 0.1) is 6.92 Å². The van der Waals surface area contributed by atoms with E-state index in [1.165, 1.54) is 43.6 Å². The highest BCUT2D eigenvalue weighted by Crippen LogP contribution is 2.31. The quantitative estimate of drug-likeness (QED) is 0.619. The van der Waals surface area contributed by atoms with Gasteiger partial charge in [0.05, 0.1) is 16.0 Å². The third-order valence-electron chi connectivity index (χ3n) is 4.09. The van der Waals surface area contributed by atoms with Crippen molar-refractivity contribution in [2.75, 3.05) is 10.0 Å². The number of aryl methyl sites for hydroxylation is 1. The average Bonchev–Trinajstić information content (AvgIpc) is 2.67. The highest BCUT2D eigenvalue weighted by molar-refractivity contribution is 7.92. The number of alkyl halides is 3. The molecular formula is C20H16F3N3O3S. The van der Waals surface area contributed by atoms with E-state index in [1.807, 2.05) is 0 Å². The van der Waals surface area contributed by atoms with E-state index in [0.29, 0.717) is 16.8 Å². The summed E-state index contributed by atoms with van der Waals surface area (Å²) in [5.41, 5.74) is -0.179. The Morgan fingerprint density at radius 2 is 1.77 bits per heavy atom. The number of hydrogen-bond acceptors (Lipinski definition) is 4. The molecular weight excluding hydrogens is 419 g/mol. The third kappa shape index (κ3) is 4.95. The highest BCUT2D eigenvalue weighted by Gasteiger charge is 2.30. The summed E-state index contributed by atoms with van der Waals surface area (Å²) >= 11 is 0. The maximum absolute atomic E-state index is 12.8. The summed E-state index contributed by atoms with van der Waals surface area (Å²) in [6, 6.07) is 11.2. The number of pyridine rings is 1. The second-order valence-corrected chi connectivity index (χ2v) is 8.01. The molecule has 0 saturated heterocycles. The number of nitrogens with zero attached hydrogens (tertiary/aromatic N) is 1. The van der Waals surface area contributed by atoms with Gasteiger partial charge in [-0.2, -0.15) is 13.2 Å². The van der Waals surface area contributed by atoms with Crippen molar-refractivity contribution < 1.29 is 26.4 Å². The normalized spacial score (nSPS) is 11.7. The highest BCUT2D eigenvalue weighted by atomic mass is 32.2. The van der Waals surface area contributed by atoms with Crippen LogP contribution in [-0.4, -0.2) is 19.3 Å². The molecule has 10 heteroatoms. The molecule has 3 rings (SSSR count). The van der Waals surface area contributed by atoms with Gasteiger partial charge in [0.1, 0.15) is 0 Å². The van der Waals surface area contributed by atoms with Gasteiger partial charge in [-0.05, 0) is 61.0 Å². The number of anilines is 2. The minimum absolute atomic E-state index is 0.126. The monoisotopic (exact) mass is 435 g/mol. The molecule has 30 heavy (non-hydrogen) atoms. The molecule has 0 radical (unpaired) electrons. The van der Waals surface area contributed by atoms with Crippen LogP contribution in [0.4, 0.5) is 24.5 Å². The Bertz CT molecular complexity index is 1180. The van der Waals surface area contributed by atoms with Crippen molar-refractivity contribution in [2.45, 2.75) is 18.0 Å². The van der Waals surface area contributed by atoms with Gasteiger partial charge in [-0.15, -0.1) is 0 Å². The summed E-state index contributed by atoms with van der Waals surface area (Å²) in [5.74, 6) is -0.416. The first-order valence-electron chi connectivity index (χ1n) is 8.58. The summed E-state index contributed by atoms with van der Waals surface area (Å²) < 4.78 is 66.0. The molecule has 1 aromatic heterocycles. The number of carbonyl (C=O) groups excluding carboxylic acids is 1. The number of benzene rings is 2. The molecule has 156 valence electrons. The Balaban J connectivity index is 1.81. The second-order valence-electron chi connectivity index (χ2n) is 6.36. The van der Waals surface area contributed by atoms with Crippen LogP contribution in [0.5, 0.6) is 0 Å². The van der Waals surface area contributed by atoms with E-state index in [2.05, 4.69) is 15.0 Å². The topological polar surface area (TPSA) is 88.2 Å². The van der Waals surface area contributed by atoms with Crippen molar-refractivity contribution in [2.24, 2.45) is 0 Å². The number of carbonyl (C=O) groups is 1. The molecule has 6 nitrogen and oxygen atoms in total. The fourth-order valence-corrected chi connectivity index (χ4v) is 3.98. The molecule has 0 aliphatic carbocycles. The van der Waals surface area contributed by atoms with E-state index in [-0.39, 0.29) is 10.6 Å². The number of amides is 1. The van der Waals surface area contributed by atoms with Crippen LogP contribution in [0.2, 0.25) is 0 Å². The Kier molecular flexibility index (Phi) is 5.79. The van der Waals surface area contributed by atoms with E-state index in [0.717, 1.165) is 18.2 Å². The molecule has 0 atom stereocenters. The Hall–Kier alpha value is -3.40. The van der Waals surface area contributed by atoms with Crippen molar-refractivity contribution in [1.82, 2.24) is 4.98 Å². The molecule has 0 aliphatic rings. The van der Waals surface area contributed by atoms with Gasteiger partial charge in [-0.25, -0.2) is 8.42 Å². The van der Waals surface area contributed by atoms with E-state index < -0.39 is 27.7 Å². The lowest BCUT2D eigenvalue weighted by atomic mass is 10.2. The standard InChI is InChI=1S/C20H16F3N3O3S/c1-13-10-16(25-19(27)14-4-3-9-24-12-14)7-8-18(13)30(28,29)26-17-6-2-5-15(11-17)20(21,22)23/h2-12,26H,1H3,(H,25,27). The molecule has 0 spiro atoms. The van der Waals surface area contributed by atoms with E-state index >= 15 is 0 Å². The Morgan fingerprint density at radius 1 is 1.00 bits per heavy atom. The number of rotatable bonds is 5. The van der Waals surface area contributed by atoms with Crippen molar-refractivity contribution in [3.8, 4) is 0 Å². The number of nitrogens with one attached hydrogen (secondary N) is 2. The van der Waals surface area contributed by atoms with Crippen molar-refractivity contribution in [3.63, 3.8) is 0 Å². The van der Waals surface area contributed by atoms with Crippen LogP contribution in [0.3, 0.4) is 0 Å². The van der Waals surface area contributed by atoms with Crippen molar-refractivity contribution >= 4 is 27.3 Å². The lowest BCUT2D eigenvalue weighted by molar-refractivity contribution is -0.137. The van der Waals surface area contributed by atoms with Crippen molar-refractivity contribution in [1.29, 1.82) is 0 Å². The lowest BCUT2D eigenvalue weighted by Crippen LogP contribution is -2.16. The molecule has 0 unspecified atom stereocenters. The number of hydrogen-bond donors (Lipinski definition) is 2. The van der Waals surface area contributed by atoms with Crippen LogP contribution < -0.4 is 10.0 Å². The Morgan fingerprint density at radius 3 is 2.40 bits per heavy atom. The fourth-order valence-electron chi connectivity index (χ4n) is 2.70. The van der Waals surface area contributed by atoms with Crippen molar-refractivity contribution in [3.05, 3.63) is 83.7 Å². The zero-order valence-electron chi connectivity index (χ0n) is 15.6. The molecule has 0 fully saturated rings. The minimum atomic E-state index is -4.59. The average molecular weight is 435 g/mol. The lowest BCUT2D eigenvalue weighted by Gasteiger charge is -2.14. The summed E-state index contributed by atoms with van der Waals surface area (Å²) in [5, 5.41) is 2.63. The van der Waals surface area contributed by atoms with E-state index in [9.17, 15) is 26.4 Å². The number of aromatic nitrogens is 1. The SMILES string of the molecule is Cc1cc(NC(=O)c2cccnc2)ccc1S(=O)(=O)Nc1cccc(C(F)(F)F)c1. The maximum atomic E-state index is 12.8. The fraction of sp³-hybridized carbons (Fsp3) is 0.100. The van der Waals surface area contributed by atoms with Gasteiger partial charge in [-0.3, -0.25) is 14.5 Å². The largest absolute Gasteiger partial charge is 0.416 e. The molecule has 0 aliphatic heterocycles. The number of sulfonamides is 1. The molecule has 3 aromatic rings. The zero-order valence-corrected chi connectivity index (χ0v) is 16.4. The summed E-state index contributed by atoms with van der Waals surface area (Å²) in [6.45, 7) is 1.51. The maximum Gasteiger partial charge on any atom is 0.416 e. The van der Waals surface area contributed by atoms with Gasteiger partial charge >= 0.3 is 6.18 Å². The summed E-state index contributed by atoms with van der Waals surface area (Å²) in [6.07, 6.45) is -1.68. The smallest absolute Gasteiger partial charge is 0.322 e. The molecule has 2 aromatic carbocycles. The second kappa shape index (κ2) is 8.15. The first kappa shape index (κ1) is 21.3. The van der Waals surface area contributed by atoms with Gasteiger partial charge in [0.15, 0.2) is 0 Å². The summed E-state index contributed by atoms with van der Waals surface area (Å²) in [7, 11) is -4.14. The first-order chi connectivity index (χ1) is 14.1. The zero-order chi connectivity index (χ0) is 21.9. The molecule has 0 saturated carbocycles. The van der Waals surface area contributed by atoms with Crippen LogP contribution in [0.15, 0.2) is 71.9 Å². The van der Waals surface area contributed by atoms with Crippen LogP contribution in [-0.2, 0) is 16.2 Å². The predicted molar refractivity (Wildman–Crippen MR) is 106 cm³/mol. The van der Waals surface area contributed by atoms with Gasteiger partial charge in [0.25, 0.3) is 15.9 Å². The van der Waals surface area contributed by atoms with Crippen LogP contribution in [0.1, 0.15) is 21.5 Å².